The molecule has 259 valence electrons. The van der Waals surface area contributed by atoms with Crippen molar-refractivity contribution in [3.8, 4) is 39.7 Å². The summed E-state index contributed by atoms with van der Waals surface area (Å²) < 4.78 is 83.8. The van der Waals surface area contributed by atoms with E-state index in [1.54, 1.807) is 39.1 Å². The van der Waals surface area contributed by atoms with Crippen LogP contribution in [0.3, 0.4) is 0 Å². The first kappa shape index (κ1) is 27.3. The van der Waals surface area contributed by atoms with E-state index >= 15 is 0 Å². The molecule has 51 heavy (non-hydrogen) atoms. The number of benzene rings is 4. The van der Waals surface area contributed by atoms with Gasteiger partial charge in [0.25, 0.3) is 0 Å². The van der Waals surface area contributed by atoms with Crippen LogP contribution >= 0.6 is 0 Å². The average molecular weight is 916 g/mol. The molecule has 3 heterocycles. The summed E-state index contributed by atoms with van der Waals surface area (Å²) in [6, 6.07) is 33.1. The molecule has 0 fully saturated rings. The van der Waals surface area contributed by atoms with Gasteiger partial charge in [-0.25, -0.2) is 0 Å². The van der Waals surface area contributed by atoms with E-state index < -0.39 is 38.8 Å². The maximum Gasteiger partial charge on any atom is 0.0160 e. The molecule has 7 aromatic rings. The van der Waals surface area contributed by atoms with Gasteiger partial charge in [0.1, 0.15) is 0 Å². The van der Waals surface area contributed by atoms with Crippen LogP contribution in [0.5, 0.6) is 0 Å². The molecule has 0 aliphatic heterocycles. The Balaban J connectivity index is 0.000000447. The summed E-state index contributed by atoms with van der Waals surface area (Å²) in [6.07, 6.45) is 0.961. The Bertz CT molecular complexity index is 2680. The summed E-state index contributed by atoms with van der Waals surface area (Å²) in [5, 5.41) is 11.5. The van der Waals surface area contributed by atoms with Gasteiger partial charge in [-0.15, -0.1) is 35.9 Å². The quantitative estimate of drug-likeness (QED) is 0.127. The monoisotopic (exact) mass is 917 g/mol. The summed E-state index contributed by atoms with van der Waals surface area (Å²) in [6.45, 7) is -0.460. The molecule has 0 bridgehead atoms. The zero-order valence-electron chi connectivity index (χ0n) is 38.3. The first-order chi connectivity index (χ1) is 27.4. The molecule has 0 spiro atoms. The Hall–Kier alpha value is -4.34. The van der Waals surface area contributed by atoms with E-state index in [-0.39, 0.29) is 59.7 Å². The number of pyridine rings is 2. The molecule has 0 amide bonds. The fraction of sp³-hybridized carbons (Fsp3) is 0.222. The predicted octanol–water partition coefficient (Wildman–Crippen LogP) is 11.3. The van der Waals surface area contributed by atoms with E-state index in [9.17, 15) is 5.26 Å². The van der Waals surface area contributed by atoms with Crippen molar-refractivity contribution in [2.75, 3.05) is 0 Å². The third kappa shape index (κ3) is 8.42. The van der Waals surface area contributed by atoms with E-state index in [1.807, 2.05) is 54.6 Å². The van der Waals surface area contributed by atoms with Gasteiger partial charge in [-0.3, -0.25) is 0 Å². The van der Waals surface area contributed by atoms with Crippen LogP contribution in [0.1, 0.15) is 55.4 Å². The number of nitriles is 1. The number of hydrogen-bond acceptors (Lipinski definition) is 4. The second-order valence-corrected chi connectivity index (χ2v) is 24.6. The minimum atomic E-state index is -2.80. The Morgan fingerprint density at radius 1 is 0.863 bits per heavy atom. The van der Waals surface area contributed by atoms with Crippen molar-refractivity contribution in [3.63, 3.8) is 0 Å². The summed E-state index contributed by atoms with van der Waals surface area (Å²) in [5.41, 5.74) is 2.66. The molecule has 0 saturated heterocycles. The normalized spacial score (nSPS) is 14.8. The Morgan fingerprint density at radius 3 is 2.31 bits per heavy atom. The number of aromatic nitrogens is 2. The van der Waals surface area contributed by atoms with Gasteiger partial charge in [0.15, 0.2) is 0 Å². The zero-order valence-corrected chi connectivity index (χ0v) is 33.8. The van der Waals surface area contributed by atoms with Crippen LogP contribution in [-0.4, -0.2) is 23.2 Å². The number of nitrogens with zero attached hydrogens (tertiary/aromatic N) is 3. The Kier molecular flexibility index (Phi) is 8.31. The van der Waals surface area contributed by atoms with Crippen molar-refractivity contribution in [1.82, 2.24) is 9.97 Å². The molecular weight excluding hydrogens is 863 g/mol. The topological polar surface area (TPSA) is 62.7 Å². The van der Waals surface area contributed by atoms with E-state index in [0.29, 0.717) is 22.3 Å². The number of fused-ring (bicyclic) bond motifs is 3. The summed E-state index contributed by atoms with van der Waals surface area (Å²) >= 11 is -2.64. The SMILES string of the molecule is [2H]c1cc(C([2H])([2H])C(C)(C)C)cc(C([2H])([2H])[2H])c1-c1cc(-c2[c-]ccc3c2oc2[c]([Ge]([CH3])([CH3])[CH3])c(C#N)ccc23)ncc1C([2H])([2H])[2H].[Ir].[c-]1ccccc1-c1ccccn1. The molecule has 1 radical (unpaired) electrons. The average Bonchev–Trinajstić information content (AvgIpc) is 3.55. The van der Waals surface area contributed by atoms with Crippen LogP contribution in [0.15, 0.2) is 108 Å². The molecule has 7 rings (SSSR count). The molecule has 0 N–H and O–H groups in total. The van der Waals surface area contributed by atoms with Crippen LogP contribution in [-0.2, 0) is 26.5 Å². The smallest absolute Gasteiger partial charge is 0.0160 e. The molecule has 0 atom stereocenters. The number of rotatable bonds is 5. The minimum Gasteiger partial charge on any atom is -0.305 e. The first-order valence-electron chi connectivity index (χ1n) is 20.8. The second-order valence-electron chi connectivity index (χ2n) is 14.1. The van der Waals surface area contributed by atoms with Crippen LogP contribution in [0.25, 0.3) is 55.6 Å². The van der Waals surface area contributed by atoms with E-state index in [4.69, 9.17) is 16.8 Å². The van der Waals surface area contributed by atoms with Crippen molar-refractivity contribution >= 4 is 39.6 Å². The fourth-order valence-corrected chi connectivity index (χ4v) is 9.74. The van der Waals surface area contributed by atoms with Gasteiger partial charge in [-0.2, -0.15) is 0 Å². The standard InChI is InChI=1S/C34H35GeN2O.C11H8N.Ir/c1-21-16-23(18-34(3,4)5)12-14-25(21)29-17-30(37-20-22(29)2)28-11-9-10-26-27-15-13-24(19-36)31(35(6,7)8)33(27)38-32(26)28;1-2-6-10(7-3-1)11-8-4-5-9-12-11;/h9-10,12-17,20H,18H2,1-8H3;1-6,8-9H;/q2*-1;/i1D3,2D3,14D,18D2;;. The van der Waals surface area contributed by atoms with Gasteiger partial charge >= 0.3 is 206 Å². The van der Waals surface area contributed by atoms with Crippen LogP contribution in [0.4, 0.5) is 0 Å². The van der Waals surface area contributed by atoms with Crippen LogP contribution in [0, 0.1) is 42.6 Å². The largest absolute Gasteiger partial charge is 0.305 e. The maximum atomic E-state index is 9.88. The van der Waals surface area contributed by atoms with Crippen molar-refractivity contribution < 1.29 is 36.9 Å². The van der Waals surface area contributed by atoms with Crippen LogP contribution < -0.4 is 4.40 Å². The molecule has 4 aromatic carbocycles. The van der Waals surface area contributed by atoms with Crippen molar-refractivity contribution in [3.05, 3.63) is 138 Å². The van der Waals surface area contributed by atoms with Gasteiger partial charge in [0, 0.05) is 29.0 Å². The summed E-state index contributed by atoms with van der Waals surface area (Å²) in [7, 11) is 0. The Morgan fingerprint density at radius 2 is 1.65 bits per heavy atom. The maximum absolute atomic E-state index is 9.88. The first-order valence-corrected chi connectivity index (χ1v) is 23.6. The molecule has 4 nitrogen and oxygen atoms in total. The molecular formula is C45H43GeIrN3O-2. The van der Waals surface area contributed by atoms with E-state index in [0.717, 1.165) is 26.4 Å². The van der Waals surface area contributed by atoms with Gasteiger partial charge < -0.3 is 4.98 Å². The molecule has 6 heteroatoms. The third-order valence-electron chi connectivity index (χ3n) is 8.01. The third-order valence-corrected chi connectivity index (χ3v) is 12.2. The Labute approximate surface area is 331 Å². The van der Waals surface area contributed by atoms with Crippen LogP contribution in [0.2, 0.25) is 17.3 Å². The minimum absolute atomic E-state index is 0. The van der Waals surface area contributed by atoms with E-state index in [2.05, 4.69) is 45.4 Å². The van der Waals surface area contributed by atoms with Gasteiger partial charge in [-0.05, 0) is 23.5 Å². The van der Waals surface area contributed by atoms with Crippen molar-refractivity contribution in [2.45, 2.75) is 58.1 Å². The summed E-state index contributed by atoms with van der Waals surface area (Å²) in [4.78, 5) is 8.70. The number of furan rings is 1. The second kappa shape index (κ2) is 15.5. The predicted molar refractivity (Wildman–Crippen MR) is 210 cm³/mol. The zero-order chi connectivity index (χ0) is 43.3. The summed E-state index contributed by atoms with van der Waals surface area (Å²) in [5.74, 6) is 6.53. The number of hydrogen-bond donors (Lipinski definition) is 0. The van der Waals surface area contributed by atoms with E-state index in [1.165, 1.54) is 24.4 Å². The van der Waals surface area contributed by atoms with Gasteiger partial charge in [0.2, 0.25) is 0 Å². The molecule has 3 aromatic heterocycles. The van der Waals surface area contributed by atoms with Crippen molar-refractivity contribution in [1.29, 1.82) is 5.26 Å². The molecule has 0 aliphatic rings. The van der Waals surface area contributed by atoms with Crippen molar-refractivity contribution in [2.24, 2.45) is 5.41 Å². The number of aryl methyl sites for hydroxylation is 2. The van der Waals surface area contributed by atoms with Gasteiger partial charge in [-0.1, -0.05) is 32.9 Å². The molecule has 0 unspecified atom stereocenters. The fourth-order valence-electron chi connectivity index (χ4n) is 5.93. The molecule has 0 aliphatic carbocycles. The van der Waals surface area contributed by atoms with Gasteiger partial charge in [0.05, 0.1) is 0 Å². The molecule has 0 saturated carbocycles.